The first-order valence-electron chi connectivity index (χ1n) is 4.81. The molecule has 0 aliphatic rings. The molecule has 0 radical (unpaired) electrons. The maximum Gasteiger partial charge on any atom is 0.306 e. The van der Waals surface area contributed by atoms with Crippen molar-refractivity contribution in [3.63, 3.8) is 0 Å². The minimum Gasteiger partial charge on any atom is -0.481 e. The molecule has 0 fully saturated rings. The molecule has 17 heavy (non-hydrogen) atoms. The second-order valence-corrected chi connectivity index (χ2v) is 3.47. The third-order valence-corrected chi connectivity index (χ3v) is 2.28. The summed E-state index contributed by atoms with van der Waals surface area (Å²) in [6, 6.07) is 0. The largest absolute Gasteiger partial charge is 0.481 e. The number of aliphatic hydroxyl groups excluding tert-OH is 2. The molecule has 0 saturated carbocycles. The van der Waals surface area contributed by atoms with E-state index < -0.39 is 24.6 Å². The summed E-state index contributed by atoms with van der Waals surface area (Å²) in [7, 11) is 0. The van der Waals surface area contributed by atoms with Crippen LogP contribution in [-0.2, 0) is 4.79 Å². The van der Waals surface area contributed by atoms with Crippen molar-refractivity contribution in [2.75, 3.05) is 0 Å². The minimum absolute atomic E-state index is 0.126. The highest BCUT2D eigenvalue weighted by Crippen LogP contribution is 2.21. The first kappa shape index (κ1) is 11.4. The molecule has 90 valence electrons. The number of rotatable bonds is 4. The Labute approximate surface area is 95.0 Å². The van der Waals surface area contributed by atoms with Crippen LogP contribution in [0.1, 0.15) is 18.2 Å². The zero-order chi connectivity index (χ0) is 12.4. The molecule has 2 atom stereocenters. The SMILES string of the molecule is O=C(O)CC(O)C(O)c1ncnc2nc[nH]c12. The number of nitrogens with zero attached hydrogens (tertiary/aromatic N) is 3. The van der Waals surface area contributed by atoms with E-state index in [-0.39, 0.29) is 5.69 Å². The van der Waals surface area contributed by atoms with Crippen LogP contribution in [0.25, 0.3) is 11.2 Å². The number of carboxylic acid groups (broad SMARTS) is 1. The first-order chi connectivity index (χ1) is 8.09. The van der Waals surface area contributed by atoms with Crippen LogP contribution in [0.4, 0.5) is 0 Å². The number of hydrogen-bond acceptors (Lipinski definition) is 6. The predicted octanol–water partition coefficient (Wildman–Crippen LogP) is -0.778. The highest BCUT2D eigenvalue weighted by molar-refractivity contribution is 5.73. The van der Waals surface area contributed by atoms with E-state index in [2.05, 4.69) is 19.9 Å². The van der Waals surface area contributed by atoms with Crippen LogP contribution in [-0.4, -0.2) is 47.3 Å². The summed E-state index contributed by atoms with van der Waals surface area (Å²) in [5, 5.41) is 27.8. The Balaban J connectivity index is 2.32. The van der Waals surface area contributed by atoms with E-state index in [1.165, 1.54) is 12.7 Å². The highest BCUT2D eigenvalue weighted by Gasteiger charge is 2.24. The van der Waals surface area contributed by atoms with Crippen LogP contribution >= 0.6 is 0 Å². The van der Waals surface area contributed by atoms with Crippen LogP contribution in [0.3, 0.4) is 0 Å². The summed E-state index contributed by atoms with van der Waals surface area (Å²) in [6.07, 6.45) is -0.847. The zero-order valence-corrected chi connectivity index (χ0v) is 8.61. The van der Waals surface area contributed by atoms with E-state index in [9.17, 15) is 15.0 Å². The van der Waals surface area contributed by atoms with Gasteiger partial charge in [-0.1, -0.05) is 0 Å². The van der Waals surface area contributed by atoms with Crippen molar-refractivity contribution in [2.45, 2.75) is 18.6 Å². The summed E-state index contributed by atoms with van der Waals surface area (Å²) in [5.74, 6) is -1.20. The Morgan fingerprint density at radius 3 is 2.82 bits per heavy atom. The van der Waals surface area contributed by atoms with Gasteiger partial charge >= 0.3 is 5.97 Å². The number of hydrogen-bond donors (Lipinski definition) is 4. The van der Waals surface area contributed by atoms with Crippen molar-refractivity contribution in [2.24, 2.45) is 0 Å². The number of aromatic amines is 1. The van der Waals surface area contributed by atoms with Gasteiger partial charge in [0, 0.05) is 0 Å². The van der Waals surface area contributed by atoms with Gasteiger partial charge in [-0.2, -0.15) is 0 Å². The van der Waals surface area contributed by atoms with E-state index in [1.807, 2.05) is 0 Å². The molecule has 0 aliphatic heterocycles. The Hall–Kier alpha value is -2.06. The number of carbonyl (C=O) groups is 1. The molecular formula is C9H10N4O4. The fraction of sp³-hybridized carbons (Fsp3) is 0.333. The molecule has 0 bridgehead atoms. The number of aromatic nitrogens is 4. The van der Waals surface area contributed by atoms with E-state index >= 15 is 0 Å². The van der Waals surface area contributed by atoms with Gasteiger partial charge in [0.25, 0.3) is 0 Å². The second-order valence-electron chi connectivity index (χ2n) is 3.47. The van der Waals surface area contributed by atoms with Crippen LogP contribution in [0.2, 0.25) is 0 Å². The lowest BCUT2D eigenvalue weighted by Crippen LogP contribution is -2.22. The van der Waals surface area contributed by atoms with Crippen LogP contribution in [0.5, 0.6) is 0 Å². The maximum absolute atomic E-state index is 10.4. The molecule has 8 nitrogen and oxygen atoms in total. The van der Waals surface area contributed by atoms with Crippen molar-refractivity contribution in [3.8, 4) is 0 Å². The van der Waals surface area contributed by atoms with Crippen molar-refractivity contribution >= 4 is 17.1 Å². The smallest absolute Gasteiger partial charge is 0.306 e. The minimum atomic E-state index is -1.44. The second kappa shape index (κ2) is 4.44. The van der Waals surface area contributed by atoms with E-state index in [1.54, 1.807) is 0 Å². The maximum atomic E-state index is 10.4. The molecule has 2 unspecified atom stereocenters. The first-order valence-corrected chi connectivity index (χ1v) is 4.81. The van der Waals surface area contributed by atoms with Gasteiger partial charge in [0.2, 0.25) is 0 Å². The van der Waals surface area contributed by atoms with Crippen molar-refractivity contribution in [3.05, 3.63) is 18.3 Å². The average Bonchev–Trinajstić information content (AvgIpc) is 2.74. The lowest BCUT2D eigenvalue weighted by Gasteiger charge is -2.15. The fourth-order valence-corrected chi connectivity index (χ4v) is 1.48. The van der Waals surface area contributed by atoms with E-state index in [4.69, 9.17) is 5.11 Å². The molecule has 0 saturated heterocycles. The summed E-state index contributed by atoms with van der Waals surface area (Å²) >= 11 is 0. The van der Waals surface area contributed by atoms with E-state index in [0.717, 1.165) is 0 Å². The van der Waals surface area contributed by atoms with Gasteiger partial charge in [-0.25, -0.2) is 15.0 Å². The molecule has 0 spiro atoms. The van der Waals surface area contributed by atoms with Gasteiger partial charge in [0.15, 0.2) is 5.65 Å². The Bertz CT molecular complexity index is 541. The van der Waals surface area contributed by atoms with Gasteiger partial charge in [-0.05, 0) is 0 Å². The van der Waals surface area contributed by atoms with Crippen molar-refractivity contribution in [1.82, 2.24) is 19.9 Å². The van der Waals surface area contributed by atoms with Crippen molar-refractivity contribution in [1.29, 1.82) is 0 Å². The van der Waals surface area contributed by atoms with Crippen LogP contribution in [0.15, 0.2) is 12.7 Å². The fourth-order valence-electron chi connectivity index (χ4n) is 1.48. The molecule has 2 rings (SSSR count). The van der Waals surface area contributed by atoms with E-state index in [0.29, 0.717) is 11.2 Å². The number of nitrogens with one attached hydrogen (secondary N) is 1. The normalized spacial score (nSPS) is 14.7. The Morgan fingerprint density at radius 2 is 2.12 bits per heavy atom. The molecular weight excluding hydrogens is 228 g/mol. The zero-order valence-electron chi connectivity index (χ0n) is 8.61. The molecule has 0 aliphatic carbocycles. The topological polar surface area (TPSA) is 132 Å². The quantitative estimate of drug-likeness (QED) is 0.549. The molecule has 2 heterocycles. The van der Waals surface area contributed by atoms with Gasteiger partial charge in [0.05, 0.1) is 18.9 Å². The Morgan fingerprint density at radius 1 is 1.35 bits per heavy atom. The van der Waals surface area contributed by atoms with Gasteiger partial charge < -0.3 is 20.3 Å². The molecule has 0 amide bonds. The number of fused-ring (bicyclic) bond motifs is 1. The molecule has 2 aromatic heterocycles. The Kier molecular flexibility index (Phi) is 2.98. The number of aliphatic carboxylic acids is 1. The summed E-state index contributed by atoms with van der Waals surface area (Å²) in [6.45, 7) is 0. The monoisotopic (exact) mass is 238 g/mol. The van der Waals surface area contributed by atoms with Crippen LogP contribution in [0, 0.1) is 0 Å². The average molecular weight is 238 g/mol. The number of carboxylic acids is 1. The van der Waals surface area contributed by atoms with Gasteiger partial charge in [-0.15, -0.1) is 0 Å². The summed E-state index contributed by atoms with van der Waals surface area (Å²) < 4.78 is 0. The van der Waals surface area contributed by atoms with Crippen molar-refractivity contribution < 1.29 is 20.1 Å². The molecule has 4 N–H and O–H groups in total. The third kappa shape index (κ3) is 2.22. The molecule has 8 heteroatoms. The summed E-state index contributed by atoms with van der Waals surface area (Å²) in [4.78, 5) is 24.7. The van der Waals surface area contributed by atoms with Gasteiger partial charge in [-0.3, -0.25) is 4.79 Å². The lowest BCUT2D eigenvalue weighted by molar-refractivity contribution is -0.141. The van der Waals surface area contributed by atoms with Gasteiger partial charge in [0.1, 0.15) is 23.6 Å². The third-order valence-electron chi connectivity index (χ3n) is 2.28. The molecule has 0 aromatic carbocycles. The van der Waals surface area contributed by atoms with Crippen LogP contribution < -0.4 is 0 Å². The highest BCUT2D eigenvalue weighted by atomic mass is 16.4. The number of aliphatic hydroxyl groups is 2. The molecule has 2 aromatic rings. The number of H-pyrrole nitrogens is 1. The predicted molar refractivity (Wildman–Crippen MR) is 54.9 cm³/mol. The number of imidazole rings is 1. The summed E-state index contributed by atoms with van der Waals surface area (Å²) in [5.41, 5.74) is 0.849. The standard InChI is InChI=1S/C9H10N4O4/c14-4(1-5(15)16)8(17)6-7-9(12-2-10-6)13-3-11-7/h2-4,8,14,17H,1H2,(H,15,16)(H,10,11,12,13). The lowest BCUT2D eigenvalue weighted by atomic mass is 10.1.